The fraction of sp³-hybridized carbons (Fsp3) is 0.370. The molecule has 0 saturated carbocycles. The van der Waals surface area contributed by atoms with Crippen molar-refractivity contribution in [2.45, 2.75) is 44.1 Å². The van der Waals surface area contributed by atoms with Crippen LogP contribution < -0.4 is 10.5 Å². The summed E-state index contributed by atoms with van der Waals surface area (Å²) in [5, 5.41) is 10.9. The number of benzene rings is 2. The number of rotatable bonds is 7. The van der Waals surface area contributed by atoms with E-state index in [4.69, 9.17) is 9.15 Å². The van der Waals surface area contributed by atoms with Crippen LogP contribution >= 0.6 is 11.8 Å². The molecule has 0 atom stereocenters. The zero-order chi connectivity index (χ0) is 24.4. The Morgan fingerprint density at radius 2 is 1.83 bits per heavy atom. The van der Waals surface area contributed by atoms with Crippen LogP contribution in [-0.2, 0) is 17.0 Å². The zero-order valence-corrected chi connectivity index (χ0v) is 21.2. The fourth-order valence-corrected chi connectivity index (χ4v) is 5.49. The summed E-state index contributed by atoms with van der Waals surface area (Å²) in [7, 11) is 0. The molecule has 3 heterocycles. The molecule has 0 amide bonds. The molecule has 0 bridgehead atoms. The van der Waals surface area contributed by atoms with Gasteiger partial charge in [-0.1, -0.05) is 55.9 Å². The van der Waals surface area contributed by atoms with Crippen LogP contribution in [-0.4, -0.2) is 41.1 Å². The topological polar surface area (TPSA) is 73.4 Å². The third kappa shape index (κ3) is 5.13. The Morgan fingerprint density at radius 3 is 2.57 bits per heavy atom. The summed E-state index contributed by atoms with van der Waals surface area (Å²) in [5.41, 5.74) is 4.84. The molecule has 2 aromatic heterocycles. The second-order valence-electron chi connectivity index (χ2n) is 9.19. The molecule has 0 unspecified atom stereocenters. The largest absolute Gasteiger partial charge is 0.423 e. The molecule has 0 N–H and O–H groups in total. The Kier molecular flexibility index (Phi) is 6.92. The monoisotopic (exact) mass is 490 g/mol. The molecule has 0 aliphatic carbocycles. The zero-order valence-electron chi connectivity index (χ0n) is 20.4. The summed E-state index contributed by atoms with van der Waals surface area (Å²) in [5.74, 6) is 1.84. The van der Waals surface area contributed by atoms with E-state index in [1.807, 2.05) is 24.3 Å². The summed E-state index contributed by atoms with van der Waals surface area (Å²) < 4.78 is 13.2. The molecule has 8 heteroatoms. The fourth-order valence-electron chi connectivity index (χ4n) is 4.56. The van der Waals surface area contributed by atoms with Gasteiger partial charge in [0, 0.05) is 30.3 Å². The van der Waals surface area contributed by atoms with Crippen LogP contribution in [0.5, 0.6) is 0 Å². The lowest BCUT2D eigenvalue weighted by Crippen LogP contribution is -2.38. The van der Waals surface area contributed by atoms with E-state index in [-0.39, 0.29) is 5.63 Å². The third-order valence-electron chi connectivity index (χ3n) is 6.37. The Balaban J connectivity index is 1.49. The van der Waals surface area contributed by atoms with Gasteiger partial charge in [0.2, 0.25) is 5.95 Å². The predicted molar refractivity (Wildman–Crippen MR) is 139 cm³/mol. The first-order valence-electron chi connectivity index (χ1n) is 12.0. The van der Waals surface area contributed by atoms with Gasteiger partial charge in [0.1, 0.15) is 5.58 Å². The van der Waals surface area contributed by atoms with E-state index in [1.54, 1.807) is 17.8 Å². The van der Waals surface area contributed by atoms with Crippen molar-refractivity contribution in [1.82, 2.24) is 14.8 Å². The van der Waals surface area contributed by atoms with Gasteiger partial charge < -0.3 is 14.1 Å². The van der Waals surface area contributed by atoms with Crippen LogP contribution in [0.25, 0.3) is 11.0 Å². The van der Waals surface area contributed by atoms with Crippen molar-refractivity contribution in [3.63, 3.8) is 0 Å². The Hall–Kier alpha value is -3.10. The first-order chi connectivity index (χ1) is 17.0. The van der Waals surface area contributed by atoms with E-state index < -0.39 is 0 Å². The molecule has 1 aliphatic rings. The summed E-state index contributed by atoms with van der Waals surface area (Å²) in [6.45, 7) is 10.1. The highest BCUT2D eigenvalue weighted by molar-refractivity contribution is 7.98. The molecule has 0 radical (unpaired) electrons. The van der Waals surface area contributed by atoms with Gasteiger partial charge in [-0.25, -0.2) is 4.79 Å². The van der Waals surface area contributed by atoms with E-state index in [1.165, 1.54) is 11.1 Å². The first-order valence-corrected chi connectivity index (χ1v) is 13.0. The normalized spacial score (nSPS) is 14.2. The lowest BCUT2D eigenvalue weighted by atomic mass is 9.95. The Morgan fingerprint density at radius 1 is 1.06 bits per heavy atom. The summed E-state index contributed by atoms with van der Waals surface area (Å²) in [4.78, 5) is 14.6. The van der Waals surface area contributed by atoms with Crippen LogP contribution in [0.1, 0.15) is 42.0 Å². The summed E-state index contributed by atoms with van der Waals surface area (Å²) in [6.07, 6.45) is 0. The minimum absolute atomic E-state index is 0.329. The maximum atomic E-state index is 12.3. The average molecular weight is 491 g/mol. The van der Waals surface area contributed by atoms with Crippen LogP contribution in [0.15, 0.2) is 62.9 Å². The van der Waals surface area contributed by atoms with Crippen molar-refractivity contribution in [2.75, 3.05) is 31.2 Å². The number of hydrogen-bond acceptors (Lipinski definition) is 7. The van der Waals surface area contributed by atoms with Gasteiger partial charge in [0.25, 0.3) is 0 Å². The van der Waals surface area contributed by atoms with E-state index in [2.05, 4.69) is 58.6 Å². The van der Waals surface area contributed by atoms with Gasteiger partial charge in [-0.3, -0.25) is 4.57 Å². The minimum atomic E-state index is -0.329. The van der Waals surface area contributed by atoms with Crippen molar-refractivity contribution < 1.29 is 9.15 Å². The van der Waals surface area contributed by atoms with Crippen molar-refractivity contribution in [3.8, 4) is 0 Å². The SMILES string of the molecule is Cc1cc2oc(=O)cc(CSc3nnc(N4CCOCC4)n3Cc3ccccc3)c2cc1C(C)C. The highest BCUT2D eigenvalue weighted by Crippen LogP contribution is 2.31. The molecule has 0 spiro atoms. The van der Waals surface area contributed by atoms with Gasteiger partial charge in [-0.2, -0.15) is 0 Å². The van der Waals surface area contributed by atoms with Crippen LogP contribution in [0.3, 0.4) is 0 Å². The van der Waals surface area contributed by atoms with Gasteiger partial charge in [-0.15, -0.1) is 10.2 Å². The number of aromatic nitrogens is 3. The lowest BCUT2D eigenvalue weighted by Gasteiger charge is -2.28. The van der Waals surface area contributed by atoms with E-state index in [9.17, 15) is 4.79 Å². The number of fused-ring (bicyclic) bond motifs is 1. The average Bonchev–Trinajstić information content (AvgIpc) is 3.25. The maximum absolute atomic E-state index is 12.3. The number of ether oxygens (including phenoxy) is 1. The molecular weight excluding hydrogens is 460 g/mol. The number of aryl methyl sites for hydroxylation is 1. The number of morpholine rings is 1. The Bertz CT molecular complexity index is 1370. The molecule has 5 rings (SSSR count). The number of hydrogen-bond donors (Lipinski definition) is 0. The molecule has 7 nitrogen and oxygen atoms in total. The second-order valence-corrected chi connectivity index (χ2v) is 10.1. The van der Waals surface area contributed by atoms with Crippen LogP contribution in [0, 0.1) is 6.92 Å². The smallest absolute Gasteiger partial charge is 0.336 e. The molecule has 1 fully saturated rings. The molecule has 35 heavy (non-hydrogen) atoms. The van der Waals surface area contributed by atoms with Gasteiger partial charge in [0.15, 0.2) is 5.16 Å². The molecule has 1 saturated heterocycles. The van der Waals surface area contributed by atoms with Gasteiger partial charge in [0.05, 0.1) is 19.8 Å². The van der Waals surface area contributed by atoms with E-state index in [0.717, 1.165) is 40.7 Å². The Labute approximate surface area is 209 Å². The van der Waals surface area contributed by atoms with Crippen molar-refractivity contribution in [3.05, 3.63) is 81.2 Å². The number of thioether (sulfide) groups is 1. The van der Waals surface area contributed by atoms with Gasteiger partial charge >= 0.3 is 5.63 Å². The van der Waals surface area contributed by atoms with Crippen LogP contribution in [0.2, 0.25) is 0 Å². The van der Waals surface area contributed by atoms with Crippen LogP contribution in [0.4, 0.5) is 5.95 Å². The molecule has 182 valence electrons. The quantitative estimate of drug-likeness (QED) is 0.267. The van der Waals surface area contributed by atoms with E-state index in [0.29, 0.717) is 37.0 Å². The third-order valence-corrected chi connectivity index (χ3v) is 7.39. The second kappa shape index (κ2) is 10.3. The predicted octanol–water partition coefficient (Wildman–Crippen LogP) is 4.99. The lowest BCUT2D eigenvalue weighted by molar-refractivity contribution is 0.121. The molecule has 4 aromatic rings. The highest BCUT2D eigenvalue weighted by Gasteiger charge is 2.21. The standard InChI is InChI=1S/C27H30N4O3S/c1-18(2)22-15-23-21(14-25(32)34-24(23)13-19(22)3)17-35-27-29-28-26(30-9-11-33-12-10-30)31(27)16-20-7-5-4-6-8-20/h4-8,13-15,18H,9-12,16-17H2,1-3H3. The van der Waals surface area contributed by atoms with Crippen molar-refractivity contribution >= 4 is 28.7 Å². The molecule has 1 aliphatic heterocycles. The minimum Gasteiger partial charge on any atom is -0.423 e. The maximum Gasteiger partial charge on any atom is 0.336 e. The van der Waals surface area contributed by atoms with Crippen molar-refractivity contribution in [2.24, 2.45) is 0 Å². The first kappa shape index (κ1) is 23.6. The number of nitrogens with zero attached hydrogens (tertiary/aromatic N) is 4. The van der Waals surface area contributed by atoms with Gasteiger partial charge in [-0.05, 0) is 47.2 Å². The van der Waals surface area contributed by atoms with E-state index >= 15 is 0 Å². The van der Waals surface area contributed by atoms with Crippen molar-refractivity contribution in [1.29, 1.82) is 0 Å². The molecule has 2 aromatic carbocycles. The summed E-state index contributed by atoms with van der Waals surface area (Å²) >= 11 is 1.60. The highest BCUT2D eigenvalue weighted by atomic mass is 32.2. The summed E-state index contributed by atoms with van der Waals surface area (Å²) in [6, 6.07) is 16.1. The molecular formula is C27H30N4O3S. The number of anilines is 1.